The molecule has 6 heteroatoms. The third-order valence-corrected chi connectivity index (χ3v) is 5.98. The molecule has 0 amide bonds. The SMILES string of the molecule is CN=C(NCc1ccc(N2CCOCC2)c(F)c1)N1CCC(Cc2ccccc2)C1. The Morgan fingerprint density at radius 3 is 2.63 bits per heavy atom. The van der Waals surface area contributed by atoms with Crippen molar-refractivity contribution < 1.29 is 9.13 Å². The highest BCUT2D eigenvalue weighted by atomic mass is 19.1. The first-order valence-electron chi connectivity index (χ1n) is 10.8. The summed E-state index contributed by atoms with van der Waals surface area (Å²) in [6.45, 7) is 5.34. The van der Waals surface area contributed by atoms with E-state index in [1.54, 1.807) is 6.07 Å². The van der Waals surface area contributed by atoms with Crippen molar-refractivity contribution in [3.63, 3.8) is 0 Å². The first kappa shape index (κ1) is 20.7. The zero-order valence-corrected chi connectivity index (χ0v) is 17.7. The first-order chi connectivity index (χ1) is 14.7. The Bertz CT molecular complexity index is 852. The van der Waals surface area contributed by atoms with Gasteiger partial charge in [0.1, 0.15) is 5.82 Å². The molecule has 1 N–H and O–H groups in total. The summed E-state index contributed by atoms with van der Waals surface area (Å²) in [5.74, 6) is 1.36. The number of hydrogen-bond donors (Lipinski definition) is 1. The maximum absolute atomic E-state index is 14.6. The third-order valence-electron chi connectivity index (χ3n) is 5.98. The largest absolute Gasteiger partial charge is 0.378 e. The monoisotopic (exact) mass is 410 g/mol. The maximum atomic E-state index is 14.6. The zero-order chi connectivity index (χ0) is 20.8. The number of anilines is 1. The van der Waals surface area contributed by atoms with Gasteiger partial charge in [-0.1, -0.05) is 36.4 Å². The van der Waals surface area contributed by atoms with E-state index >= 15 is 0 Å². The molecular formula is C24H31FN4O. The zero-order valence-electron chi connectivity index (χ0n) is 17.7. The normalized spacial score (nSPS) is 19.9. The lowest BCUT2D eigenvalue weighted by molar-refractivity contribution is 0.122. The number of benzene rings is 2. The average molecular weight is 411 g/mol. The molecule has 0 saturated carbocycles. The predicted molar refractivity (Wildman–Crippen MR) is 119 cm³/mol. The number of hydrogen-bond acceptors (Lipinski definition) is 3. The minimum atomic E-state index is -0.171. The average Bonchev–Trinajstić information content (AvgIpc) is 3.24. The Morgan fingerprint density at radius 2 is 1.90 bits per heavy atom. The standard InChI is InChI=1S/C24H31FN4O/c1-26-24(29-10-9-21(18-29)15-19-5-3-2-4-6-19)27-17-20-7-8-23(22(25)16-20)28-11-13-30-14-12-28/h2-8,16,21H,9-15,17-18H2,1H3,(H,26,27). The number of halogens is 1. The van der Waals surface area contributed by atoms with E-state index in [0.29, 0.717) is 31.4 Å². The van der Waals surface area contributed by atoms with Crippen molar-refractivity contribution >= 4 is 11.6 Å². The van der Waals surface area contributed by atoms with Crippen molar-refractivity contribution in [2.45, 2.75) is 19.4 Å². The maximum Gasteiger partial charge on any atom is 0.193 e. The Morgan fingerprint density at radius 1 is 1.10 bits per heavy atom. The topological polar surface area (TPSA) is 40.1 Å². The fraction of sp³-hybridized carbons (Fsp3) is 0.458. The van der Waals surface area contributed by atoms with Crippen LogP contribution in [0.15, 0.2) is 53.5 Å². The number of likely N-dealkylation sites (tertiary alicyclic amines) is 1. The summed E-state index contributed by atoms with van der Waals surface area (Å²) >= 11 is 0. The highest BCUT2D eigenvalue weighted by Gasteiger charge is 2.25. The molecule has 2 aliphatic rings. The van der Waals surface area contributed by atoms with Crippen molar-refractivity contribution in [2.24, 2.45) is 10.9 Å². The summed E-state index contributed by atoms with van der Waals surface area (Å²) < 4.78 is 20.0. The number of aliphatic imine (C=N–C) groups is 1. The van der Waals surface area contributed by atoms with Crippen molar-refractivity contribution in [3.8, 4) is 0 Å². The molecule has 0 aromatic heterocycles. The van der Waals surface area contributed by atoms with Crippen LogP contribution >= 0.6 is 0 Å². The van der Waals surface area contributed by atoms with Crippen LogP contribution in [0.5, 0.6) is 0 Å². The molecule has 2 aromatic carbocycles. The number of morpholine rings is 1. The minimum Gasteiger partial charge on any atom is -0.378 e. The molecular weight excluding hydrogens is 379 g/mol. The Balaban J connectivity index is 1.31. The van der Waals surface area contributed by atoms with Gasteiger partial charge in [0, 0.05) is 39.8 Å². The Labute approximate surface area is 178 Å². The second kappa shape index (κ2) is 9.94. The molecule has 4 rings (SSSR count). The number of rotatable bonds is 5. The second-order valence-corrected chi connectivity index (χ2v) is 8.08. The predicted octanol–water partition coefficient (Wildman–Crippen LogP) is 3.30. The van der Waals surface area contributed by atoms with Crippen molar-refractivity contribution in [1.82, 2.24) is 10.2 Å². The minimum absolute atomic E-state index is 0.171. The van der Waals surface area contributed by atoms with Crippen LogP contribution < -0.4 is 10.2 Å². The van der Waals surface area contributed by atoms with Gasteiger partial charge in [-0.25, -0.2) is 4.39 Å². The van der Waals surface area contributed by atoms with Crippen molar-refractivity contribution in [3.05, 3.63) is 65.5 Å². The number of nitrogens with one attached hydrogen (secondary N) is 1. The molecule has 0 spiro atoms. The van der Waals surface area contributed by atoms with E-state index in [1.165, 1.54) is 12.0 Å². The number of guanidine groups is 1. The quantitative estimate of drug-likeness (QED) is 0.607. The lowest BCUT2D eigenvalue weighted by Gasteiger charge is -2.29. The Hall–Kier alpha value is -2.60. The molecule has 160 valence electrons. The van der Waals surface area contributed by atoms with Gasteiger partial charge in [0.05, 0.1) is 18.9 Å². The fourth-order valence-corrected chi connectivity index (χ4v) is 4.37. The van der Waals surface area contributed by atoms with Gasteiger partial charge in [0.15, 0.2) is 5.96 Å². The van der Waals surface area contributed by atoms with E-state index in [9.17, 15) is 4.39 Å². The van der Waals surface area contributed by atoms with E-state index in [2.05, 4.69) is 45.5 Å². The molecule has 2 aromatic rings. The van der Waals surface area contributed by atoms with Gasteiger partial charge in [-0.15, -0.1) is 0 Å². The first-order valence-corrected chi connectivity index (χ1v) is 10.8. The van der Waals surface area contributed by atoms with Gasteiger partial charge < -0.3 is 19.9 Å². The van der Waals surface area contributed by atoms with Crippen LogP contribution in [0.4, 0.5) is 10.1 Å². The van der Waals surface area contributed by atoms with E-state index < -0.39 is 0 Å². The van der Waals surface area contributed by atoms with Crippen LogP contribution in [0.25, 0.3) is 0 Å². The van der Waals surface area contributed by atoms with E-state index in [0.717, 1.165) is 44.1 Å². The summed E-state index contributed by atoms with van der Waals surface area (Å²) in [4.78, 5) is 8.81. The second-order valence-electron chi connectivity index (χ2n) is 8.08. The van der Waals surface area contributed by atoms with Crippen molar-refractivity contribution in [2.75, 3.05) is 51.3 Å². The van der Waals surface area contributed by atoms with Crippen LogP contribution in [0.3, 0.4) is 0 Å². The van der Waals surface area contributed by atoms with Gasteiger partial charge in [-0.2, -0.15) is 0 Å². The molecule has 2 heterocycles. The molecule has 0 radical (unpaired) electrons. The molecule has 0 bridgehead atoms. The summed E-state index contributed by atoms with van der Waals surface area (Å²) in [6.07, 6.45) is 2.26. The van der Waals surface area contributed by atoms with Gasteiger partial charge in [-0.05, 0) is 42.0 Å². The molecule has 2 aliphatic heterocycles. The van der Waals surface area contributed by atoms with Crippen molar-refractivity contribution in [1.29, 1.82) is 0 Å². The van der Waals surface area contributed by atoms with Crippen LogP contribution in [0.1, 0.15) is 17.5 Å². The molecule has 5 nitrogen and oxygen atoms in total. The fourth-order valence-electron chi connectivity index (χ4n) is 4.37. The van der Waals surface area contributed by atoms with Crippen LogP contribution in [0.2, 0.25) is 0 Å². The molecule has 0 aliphatic carbocycles. The van der Waals surface area contributed by atoms with E-state index in [1.807, 2.05) is 24.1 Å². The van der Waals surface area contributed by atoms with Gasteiger partial charge in [0.25, 0.3) is 0 Å². The lowest BCUT2D eigenvalue weighted by atomic mass is 9.99. The summed E-state index contributed by atoms with van der Waals surface area (Å²) in [7, 11) is 1.81. The number of nitrogens with zero attached hydrogens (tertiary/aromatic N) is 3. The summed E-state index contributed by atoms with van der Waals surface area (Å²) in [5, 5.41) is 3.41. The van der Waals surface area contributed by atoms with Gasteiger partial charge in [0.2, 0.25) is 0 Å². The van der Waals surface area contributed by atoms with Gasteiger partial charge in [-0.3, -0.25) is 4.99 Å². The molecule has 1 unspecified atom stereocenters. The van der Waals surface area contributed by atoms with E-state index in [4.69, 9.17) is 4.74 Å². The van der Waals surface area contributed by atoms with Crippen LogP contribution in [-0.4, -0.2) is 57.3 Å². The summed E-state index contributed by atoms with van der Waals surface area (Å²) in [6, 6.07) is 16.2. The highest BCUT2D eigenvalue weighted by Crippen LogP contribution is 2.23. The van der Waals surface area contributed by atoms with Crippen LogP contribution in [0, 0.1) is 11.7 Å². The molecule has 1 atom stereocenters. The molecule has 2 saturated heterocycles. The highest BCUT2D eigenvalue weighted by molar-refractivity contribution is 5.80. The smallest absolute Gasteiger partial charge is 0.193 e. The Kier molecular flexibility index (Phi) is 6.84. The molecule has 30 heavy (non-hydrogen) atoms. The number of ether oxygens (including phenoxy) is 1. The summed E-state index contributed by atoms with van der Waals surface area (Å²) in [5.41, 5.74) is 2.98. The molecule has 2 fully saturated rings. The lowest BCUT2D eigenvalue weighted by Crippen LogP contribution is -2.39. The van der Waals surface area contributed by atoms with E-state index in [-0.39, 0.29) is 5.82 Å². The van der Waals surface area contributed by atoms with Gasteiger partial charge >= 0.3 is 0 Å². The van der Waals surface area contributed by atoms with Crippen LogP contribution in [-0.2, 0) is 17.7 Å². The third kappa shape index (κ3) is 5.11.